The molecule has 0 N–H and O–H groups in total. The molecule has 0 bridgehead atoms. The summed E-state index contributed by atoms with van der Waals surface area (Å²) in [6.45, 7) is 5.60. The minimum absolute atomic E-state index is 0.0985. The van der Waals surface area contributed by atoms with E-state index in [1.807, 2.05) is 35.4 Å². The highest BCUT2D eigenvalue weighted by molar-refractivity contribution is 5.43. The van der Waals surface area contributed by atoms with Crippen LogP contribution >= 0.6 is 0 Å². The van der Waals surface area contributed by atoms with Gasteiger partial charge in [-0.1, -0.05) is 6.07 Å². The quantitative estimate of drug-likeness (QED) is 0.365. The normalized spacial score (nSPS) is 17.7. The van der Waals surface area contributed by atoms with Gasteiger partial charge in [0.2, 0.25) is 0 Å². The van der Waals surface area contributed by atoms with Gasteiger partial charge in [-0.05, 0) is 101 Å². The Bertz CT molecular complexity index is 932. The van der Waals surface area contributed by atoms with E-state index in [0.717, 1.165) is 80.3 Å². The zero-order chi connectivity index (χ0) is 25.2. The Morgan fingerprint density at radius 2 is 1.83 bits per heavy atom. The Morgan fingerprint density at radius 3 is 2.58 bits per heavy atom. The maximum Gasteiger partial charge on any atom is 0.251 e. The highest BCUT2D eigenvalue weighted by Gasteiger charge is 2.21. The smallest absolute Gasteiger partial charge is 0.251 e. The van der Waals surface area contributed by atoms with E-state index in [1.165, 1.54) is 25.9 Å². The number of hydrogen-bond donors (Lipinski definition) is 0. The second kappa shape index (κ2) is 13.8. The fourth-order valence-corrected chi connectivity index (χ4v) is 5.27. The lowest BCUT2D eigenvalue weighted by Crippen LogP contribution is -2.36. The van der Waals surface area contributed by atoms with E-state index in [9.17, 15) is 8.78 Å². The van der Waals surface area contributed by atoms with Gasteiger partial charge >= 0.3 is 0 Å². The molecule has 2 fully saturated rings. The predicted molar refractivity (Wildman–Crippen MR) is 137 cm³/mol. The number of alkyl halides is 2. The molecule has 0 aliphatic carbocycles. The summed E-state index contributed by atoms with van der Waals surface area (Å²) in [6, 6.07) is 8.02. The SMILES string of the molecule is COc1ccc(Cc2nccc(CCC3CCN(CC(F)F)CC3)n2)cc1OCCCN1CCCC1. The summed E-state index contributed by atoms with van der Waals surface area (Å²) in [6.07, 6.45) is 7.74. The van der Waals surface area contributed by atoms with Crippen LogP contribution in [0.4, 0.5) is 8.78 Å². The van der Waals surface area contributed by atoms with Crippen LogP contribution in [0.1, 0.15) is 55.6 Å². The molecule has 1 aromatic carbocycles. The number of methoxy groups -OCH3 is 1. The molecule has 8 heteroatoms. The van der Waals surface area contributed by atoms with Gasteiger partial charge in [0.15, 0.2) is 11.5 Å². The minimum Gasteiger partial charge on any atom is -0.493 e. The highest BCUT2D eigenvalue weighted by Crippen LogP contribution is 2.29. The monoisotopic (exact) mass is 502 g/mol. The van der Waals surface area contributed by atoms with Crippen LogP contribution < -0.4 is 9.47 Å². The van der Waals surface area contributed by atoms with Crippen LogP contribution in [-0.4, -0.2) is 79.2 Å². The van der Waals surface area contributed by atoms with Gasteiger partial charge in [0, 0.05) is 24.9 Å². The van der Waals surface area contributed by atoms with Crippen LogP contribution in [0.2, 0.25) is 0 Å². The zero-order valence-corrected chi connectivity index (χ0v) is 21.5. The van der Waals surface area contributed by atoms with Gasteiger partial charge in [-0.2, -0.15) is 0 Å². The Hall–Kier alpha value is -2.32. The van der Waals surface area contributed by atoms with Gasteiger partial charge in [0.1, 0.15) is 5.82 Å². The van der Waals surface area contributed by atoms with E-state index in [-0.39, 0.29) is 6.54 Å². The van der Waals surface area contributed by atoms with Crippen molar-refractivity contribution < 1.29 is 18.3 Å². The molecule has 0 radical (unpaired) electrons. The van der Waals surface area contributed by atoms with E-state index >= 15 is 0 Å². The molecular weight excluding hydrogens is 462 g/mol. The Kier molecular flexibility index (Phi) is 10.3. The van der Waals surface area contributed by atoms with Crippen molar-refractivity contribution in [2.75, 3.05) is 53.0 Å². The summed E-state index contributed by atoms with van der Waals surface area (Å²) >= 11 is 0. The average Bonchev–Trinajstić information content (AvgIpc) is 3.40. The molecule has 2 aliphatic heterocycles. The van der Waals surface area contributed by atoms with Crippen molar-refractivity contribution in [2.45, 2.75) is 57.8 Å². The number of piperidine rings is 1. The molecule has 2 aromatic rings. The van der Waals surface area contributed by atoms with Crippen LogP contribution in [0.15, 0.2) is 30.5 Å². The molecule has 3 heterocycles. The average molecular weight is 503 g/mol. The molecule has 0 atom stereocenters. The van der Waals surface area contributed by atoms with Crippen LogP contribution in [0, 0.1) is 5.92 Å². The predicted octanol–water partition coefficient (Wildman–Crippen LogP) is 4.85. The number of likely N-dealkylation sites (tertiary alicyclic amines) is 2. The summed E-state index contributed by atoms with van der Waals surface area (Å²) in [4.78, 5) is 13.7. The van der Waals surface area contributed by atoms with E-state index in [4.69, 9.17) is 14.5 Å². The molecule has 2 saturated heterocycles. The number of nitrogens with zero attached hydrogens (tertiary/aromatic N) is 4. The van der Waals surface area contributed by atoms with Gasteiger partial charge in [0.25, 0.3) is 6.43 Å². The van der Waals surface area contributed by atoms with E-state index in [2.05, 4.69) is 9.88 Å². The van der Waals surface area contributed by atoms with Crippen molar-refractivity contribution in [3.63, 3.8) is 0 Å². The van der Waals surface area contributed by atoms with E-state index in [1.54, 1.807) is 7.11 Å². The van der Waals surface area contributed by atoms with Crippen molar-refractivity contribution in [2.24, 2.45) is 5.92 Å². The summed E-state index contributed by atoms with van der Waals surface area (Å²) < 4.78 is 36.8. The van der Waals surface area contributed by atoms with Crippen molar-refractivity contribution in [3.8, 4) is 11.5 Å². The highest BCUT2D eigenvalue weighted by atomic mass is 19.3. The van der Waals surface area contributed by atoms with Crippen molar-refractivity contribution in [1.82, 2.24) is 19.8 Å². The molecule has 2 aliphatic rings. The number of ether oxygens (including phenoxy) is 2. The van der Waals surface area contributed by atoms with Gasteiger partial charge in [-0.15, -0.1) is 0 Å². The molecule has 4 rings (SSSR count). The van der Waals surface area contributed by atoms with Crippen molar-refractivity contribution >= 4 is 0 Å². The standard InChI is InChI=1S/C28H40F2N4O2/c1-35-25-8-6-23(19-26(25)36-18-4-15-33-13-2-3-14-33)20-28-31-12-9-24(32-28)7-5-22-10-16-34(17-11-22)21-27(29)30/h6,8-9,12,19,22,27H,2-5,7,10-11,13-18,20-21H2,1H3. The topological polar surface area (TPSA) is 50.7 Å². The fourth-order valence-electron chi connectivity index (χ4n) is 5.27. The van der Waals surface area contributed by atoms with Gasteiger partial charge in [-0.3, -0.25) is 4.90 Å². The van der Waals surface area contributed by atoms with Crippen LogP contribution in [0.5, 0.6) is 11.5 Å². The number of aromatic nitrogens is 2. The van der Waals surface area contributed by atoms with E-state index < -0.39 is 6.43 Å². The van der Waals surface area contributed by atoms with Crippen LogP contribution in [0.25, 0.3) is 0 Å². The number of hydrogen-bond acceptors (Lipinski definition) is 6. The summed E-state index contributed by atoms with van der Waals surface area (Å²) in [5.41, 5.74) is 2.14. The van der Waals surface area contributed by atoms with Gasteiger partial charge in [0.05, 0.1) is 20.3 Å². The van der Waals surface area contributed by atoms with Crippen LogP contribution in [-0.2, 0) is 12.8 Å². The third-order valence-corrected chi connectivity index (χ3v) is 7.34. The molecule has 0 spiro atoms. The maximum absolute atomic E-state index is 12.6. The lowest BCUT2D eigenvalue weighted by molar-refractivity contribution is 0.0681. The molecule has 1 aromatic heterocycles. The lowest BCUT2D eigenvalue weighted by atomic mass is 9.91. The second-order valence-electron chi connectivity index (χ2n) is 10.1. The summed E-state index contributed by atoms with van der Waals surface area (Å²) in [5, 5.41) is 0. The largest absolute Gasteiger partial charge is 0.493 e. The maximum atomic E-state index is 12.6. The number of rotatable bonds is 13. The molecule has 0 unspecified atom stereocenters. The van der Waals surface area contributed by atoms with Crippen LogP contribution in [0.3, 0.4) is 0 Å². The molecular formula is C28H40F2N4O2. The zero-order valence-electron chi connectivity index (χ0n) is 21.5. The third kappa shape index (κ3) is 8.37. The first-order valence-corrected chi connectivity index (χ1v) is 13.4. The Morgan fingerprint density at radius 1 is 1.03 bits per heavy atom. The molecule has 198 valence electrons. The molecule has 0 saturated carbocycles. The van der Waals surface area contributed by atoms with Crippen molar-refractivity contribution in [1.29, 1.82) is 0 Å². The minimum atomic E-state index is -2.24. The molecule has 6 nitrogen and oxygen atoms in total. The van der Waals surface area contributed by atoms with E-state index in [0.29, 0.717) is 18.9 Å². The fraction of sp³-hybridized carbons (Fsp3) is 0.643. The lowest BCUT2D eigenvalue weighted by Gasteiger charge is -2.31. The summed E-state index contributed by atoms with van der Waals surface area (Å²) in [7, 11) is 1.67. The Labute approximate surface area is 214 Å². The Balaban J connectivity index is 1.26. The van der Waals surface area contributed by atoms with Gasteiger partial charge < -0.3 is 14.4 Å². The first-order valence-electron chi connectivity index (χ1n) is 13.4. The summed E-state index contributed by atoms with van der Waals surface area (Å²) in [5.74, 6) is 2.88. The third-order valence-electron chi connectivity index (χ3n) is 7.34. The first kappa shape index (κ1) is 26.7. The number of benzene rings is 1. The number of aryl methyl sites for hydroxylation is 1. The molecule has 0 amide bonds. The first-order chi connectivity index (χ1) is 17.6. The van der Waals surface area contributed by atoms with Gasteiger partial charge in [-0.25, -0.2) is 18.7 Å². The molecule has 36 heavy (non-hydrogen) atoms. The second-order valence-corrected chi connectivity index (χ2v) is 10.1. The number of halogens is 2. The van der Waals surface area contributed by atoms with Crippen molar-refractivity contribution in [3.05, 3.63) is 47.5 Å².